The normalized spacial score (nSPS) is 11.7. The van der Waals surface area contributed by atoms with Crippen LogP contribution in [-0.2, 0) is 0 Å². The minimum atomic E-state index is -0.209. The average molecular weight is 261 g/mol. The number of oxime groups is 1. The SMILES string of the molecule is CCN(CC(N)=NO)C(=O)c1coc2ccccc12. The van der Waals surface area contributed by atoms with Crippen LogP contribution in [0.5, 0.6) is 0 Å². The van der Waals surface area contributed by atoms with Crippen LogP contribution < -0.4 is 5.73 Å². The molecule has 100 valence electrons. The number of hydrogen-bond donors (Lipinski definition) is 2. The first-order chi connectivity index (χ1) is 9.17. The number of likely N-dealkylation sites (N-methyl/N-ethyl adjacent to an activating group) is 1. The highest BCUT2D eigenvalue weighted by atomic mass is 16.4. The van der Waals surface area contributed by atoms with Crippen molar-refractivity contribution >= 4 is 22.7 Å². The summed E-state index contributed by atoms with van der Waals surface area (Å²) in [4.78, 5) is 13.9. The average Bonchev–Trinajstić information content (AvgIpc) is 2.87. The summed E-state index contributed by atoms with van der Waals surface area (Å²) in [7, 11) is 0. The summed E-state index contributed by atoms with van der Waals surface area (Å²) in [5.41, 5.74) is 6.57. The number of amidine groups is 1. The molecule has 1 aromatic heterocycles. The number of carbonyl (C=O) groups excluding carboxylic acids is 1. The number of nitrogens with zero attached hydrogens (tertiary/aromatic N) is 2. The molecule has 2 aromatic rings. The molecule has 0 fully saturated rings. The van der Waals surface area contributed by atoms with Gasteiger partial charge in [-0.25, -0.2) is 0 Å². The Hall–Kier alpha value is -2.50. The third kappa shape index (κ3) is 2.52. The van der Waals surface area contributed by atoms with Crippen LogP contribution in [0.1, 0.15) is 17.3 Å². The zero-order valence-electron chi connectivity index (χ0n) is 10.5. The van der Waals surface area contributed by atoms with Crippen molar-refractivity contribution in [3.63, 3.8) is 0 Å². The standard InChI is InChI=1S/C13H15N3O3/c1-2-16(7-12(14)15-18)13(17)10-8-19-11-6-4-3-5-9(10)11/h3-6,8,18H,2,7H2,1H3,(H2,14,15). The van der Waals surface area contributed by atoms with Crippen molar-refractivity contribution in [2.75, 3.05) is 13.1 Å². The Kier molecular flexibility index (Phi) is 3.70. The van der Waals surface area contributed by atoms with E-state index in [1.807, 2.05) is 25.1 Å². The van der Waals surface area contributed by atoms with Crippen molar-refractivity contribution in [1.29, 1.82) is 0 Å². The van der Waals surface area contributed by atoms with E-state index >= 15 is 0 Å². The van der Waals surface area contributed by atoms with E-state index in [9.17, 15) is 4.79 Å². The molecule has 2 rings (SSSR count). The number of hydrogen-bond acceptors (Lipinski definition) is 4. The van der Waals surface area contributed by atoms with E-state index in [1.165, 1.54) is 11.2 Å². The van der Waals surface area contributed by atoms with Crippen molar-refractivity contribution in [3.05, 3.63) is 36.1 Å². The molecule has 0 radical (unpaired) electrons. The largest absolute Gasteiger partial charge is 0.463 e. The predicted octanol–water partition coefficient (Wildman–Crippen LogP) is 1.64. The van der Waals surface area contributed by atoms with E-state index in [0.29, 0.717) is 17.7 Å². The number of furan rings is 1. The predicted molar refractivity (Wildman–Crippen MR) is 71.2 cm³/mol. The maximum atomic E-state index is 12.4. The van der Waals surface area contributed by atoms with Gasteiger partial charge in [0.25, 0.3) is 5.91 Å². The molecule has 1 aromatic carbocycles. The van der Waals surface area contributed by atoms with Gasteiger partial charge in [0.1, 0.15) is 11.8 Å². The van der Waals surface area contributed by atoms with E-state index in [-0.39, 0.29) is 18.3 Å². The van der Waals surface area contributed by atoms with Crippen LogP contribution in [0.3, 0.4) is 0 Å². The molecular formula is C13H15N3O3. The lowest BCUT2D eigenvalue weighted by Gasteiger charge is -2.19. The molecule has 6 nitrogen and oxygen atoms in total. The Morgan fingerprint density at radius 3 is 2.89 bits per heavy atom. The minimum Gasteiger partial charge on any atom is -0.463 e. The highest BCUT2D eigenvalue weighted by Crippen LogP contribution is 2.21. The summed E-state index contributed by atoms with van der Waals surface area (Å²) in [6.07, 6.45) is 1.43. The quantitative estimate of drug-likeness (QED) is 0.379. The number of rotatable bonds is 4. The number of nitrogens with two attached hydrogens (primary N) is 1. The number of benzene rings is 1. The highest BCUT2D eigenvalue weighted by molar-refractivity contribution is 6.06. The first-order valence-corrected chi connectivity index (χ1v) is 5.89. The topological polar surface area (TPSA) is 92.1 Å². The molecule has 19 heavy (non-hydrogen) atoms. The molecule has 0 aliphatic rings. The fraction of sp³-hybridized carbons (Fsp3) is 0.231. The van der Waals surface area contributed by atoms with Gasteiger partial charge in [0, 0.05) is 11.9 Å². The molecule has 0 saturated heterocycles. The van der Waals surface area contributed by atoms with E-state index in [1.54, 1.807) is 6.07 Å². The van der Waals surface area contributed by atoms with Crippen molar-refractivity contribution < 1.29 is 14.4 Å². The Bertz CT molecular complexity index is 618. The number of carbonyl (C=O) groups is 1. The van der Waals surface area contributed by atoms with Gasteiger partial charge >= 0.3 is 0 Å². The van der Waals surface area contributed by atoms with E-state index in [0.717, 1.165) is 5.39 Å². The van der Waals surface area contributed by atoms with Gasteiger partial charge < -0.3 is 20.3 Å². The van der Waals surface area contributed by atoms with Gasteiger partial charge in [-0.2, -0.15) is 0 Å². The molecular weight excluding hydrogens is 246 g/mol. The van der Waals surface area contributed by atoms with Crippen LogP contribution in [-0.4, -0.2) is 34.9 Å². The van der Waals surface area contributed by atoms with Gasteiger partial charge in [-0.15, -0.1) is 0 Å². The van der Waals surface area contributed by atoms with Crippen LogP contribution in [0.25, 0.3) is 11.0 Å². The maximum absolute atomic E-state index is 12.4. The van der Waals surface area contributed by atoms with Gasteiger partial charge in [0.05, 0.1) is 12.1 Å². The first-order valence-electron chi connectivity index (χ1n) is 5.89. The molecule has 0 unspecified atom stereocenters. The van der Waals surface area contributed by atoms with Gasteiger partial charge in [0.15, 0.2) is 5.84 Å². The zero-order valence-corrected chi connectivity index (χ0v) is 10.5. The first kappa shape index (κ1) is 12.9. The fourth-order valence-corrected chi connectivity index (χ4v) is 1.87. The van der Waals surface area contributed by atoms with Gasteiger partial charge in [-0.1, -0.05) is 23.4 Å². The zero-order chi connectivity index (χ0) is 13.8. The van der Waals surface area contributed by atoms with Crippen LogP contribution in [0, 0.1) is 0 Å². The lowest BCUT2D eigenvalue weighted by Crippen LogP contribution is -2.38. The Labute approximate surface area is 110 Å². The number of para-hydroxylation sites is 1. The van der Waals surface area contributed by atoms with Crippen LogP contribution in [0.2, 0.25) is 0 Å². The van der Waals surface area contributed by atoms with E-state index in [4.69, 9.17) is 15.4 Å². The summed E-state index contributed by atoms with van der Waals surface area (Å²) in [6.45, 7) is 2.35. The highest BCUT2D eigenvalue weighted by Gasteiger charge is 2.19. The maximum Gasteiger partial charge on any atom is 0.258 e. The van der Waals surface area contributed by atoms with Crippen molar-refractivity contribution in [3.8, 4) is 0 Å². The summed E-state index contributed by atoms with van der Waals surface area (Å²) < 4.78 is 5.34. The third-order valence-corrected chi connectivity index (χ3v) is 2.86. The second kappa shape index (κ2) is 5.43. The second-order valence-electron chi connectivity index (χ2n) is 4.06. The molecule has 0 spiro atoms. The number of fused-ring (bicyclic) bond motifs is 1. The Balaban J connectivity index is 2.32. The smallest absolute Gasteiger partial charge is 0.258 e. The van der Waals surface area contributed by atoms with Crippen LogP contribution in [0.4, 0.5) is 0 Å². The molecule has 6 heteroatoms. The molecule has 0 bridgehead atoms. The summed E-state index contributed by atoms with van der Waals surface area (Å²) in [5, 5.41) is 12.2. The van der Waals surface area contributed by atoms with Crippen molar-refractivity contribution in [1.82, 2.24) is 4.90 Å². The lowest BCUT2D eigenvalue weighted by atomic mass is 10.1. The summed E-state index contributed by atoms with van der Waals surface area (Å²) >= 11 is 0. The number of amides is 1. The van der Waals surface area contributed by atoms with Gasteiger partial charge in [0.2, 0.25) is 0 Å². The Morgan fingerprint density at radius 2 is 2.21 bits per heavy atom. The van der Waals surface area contributed by atoms with E-state index in [2.05, 4.69) is 5.16 Å². The summed E-state index contributed by atoms with van der Waals surface area (Å²) in [6, 6.07) is 7.30. The van der Waals surface area contributed by atoms with E-state index < -0.39 is 0 Å². The van der Waals surface area contributed by atoms with Gasteiger partial charge in [-0.3, -0.25) is 4.79 Å². The second-order valence-corrected chi connectivity index (χ2v) is 4.06. The van der Waals surface area contributed by atoms with Crippen LogP contribution in [0.15, 0.2) is 40.1 Å². The van der Waals surface area contributed by atoms with Gasteiger partial charge in [-0.05, 0) is 13.0 Å². The molecule has 0 atom stereocenters. The third-order valence-electron chi connectivity index (χ3n) is 2.86. The molecule has 0 aliphatic heterocycles. The minimum absolute atomic E-state index is 0.0111. The van der Waals surface area contributed by atoms with Crippen molar-refractivity contribution in [2.24, 2.45) is 10.9 Å². The molecule has 1 heterocycles. The Morgan fingerprint density at radius 1 is 1.47 bits per heavy atom. The summed E-state index contributed by atoms with van der Waals surface area (Å²) in [5.74, 6) is -0.220. The van der Waals surface area contributed by atoms with Crippen LogP contribution >= 0.6 is 0 Å². The fourth-order valence-electron chi connectivity index (χ4n) is 1.87. The molecule has 0 aliphatic carbocycles. The molecule has 0 saturated carbocycles. The monoisotopic (exact) mass is 261 g/mol. The lowest BCUT2D eigenvalue weighted by molar-refractivity contribution is 0.0787. The molecule has 3 N–H and O–H groups in total. The molecule has 1 amide bonds. The van der Waals surface area contributed by atoms with Crippen molar-refractivity contribution in [2.45, 2.75) is 6.92 Å².